The second-order valence-electron chi connectivity index (χ2n) is 11.3. The minimum atomic E-state index is -0.820. The van der Waals surface area contributed by atoms with Gasteiger partial charge in [-0.25, -0.2) is 9.59 Å². The van der Waals surface area contributed by atoms with Crippen LogP contribution in [0.3, 0.4) is 0 Å². The van der Waals surface area contributed by atoms with Gasteiger partial charge in [0.05, 0.1) is 22.3 Å². The monoisotopic (exact) mass is 662 g/mol. The third-order valence-corrected chi connectivity index (χ3v) is 7.47. The number of hydrogen-bond acceptors (Lipinski definition) is 10. The van der Waals surface area contributed by atoms with Crippen LogP contribution in [0.1, 0.15) is 101 Å². The summed E-state index contributed by atoms with van der Waals surface area (Å²) in [6.45, 7) is 6.26. The van der Waals surface area contributed by atoms with Gasteiger partial charge in [0, 0.05) is 30.4 Å². The van der Waals surface area contributed by atoms with E-state index >= 15 is 0 Å². The molecule has 0 unspecified atom stereocenters. The number of aldehydes is 2. The fraction of sp³-hybridized carbons (Fsp3) is 0.135. The van der Waals surface area contributed by atoms with E-state index in [2.05, 4.69) is 10.6 Å². The van der Waals surface area contributed by atoms with Gasteiger partial charge in [-0.15, -0.1) is 0 Å². The van der Waals surface area contributed by atoms with Gasteiger partial charge in [0.25, 0.3) is 11.8 Å². The Kier molecular flexibility index (Phi) is 10.7. The predicted molar refractivity (Wildman–Crippen MR) is 175 cm³/mol. The van der Waals surface area contributed by atoms with Gasteiger partial charge < -0.3 is 9.47 Å². The molecule has 49 heavy (non-hydrogen) atoms. The Hall–Kier alpha value is -6.56. The van der Waals surface area contributed by atoms with Crippen LogP contribution < -0.4 is 20.1 Å². The molecule has 0 aliphatic carbocycles. The van der Waals surface area contributed by atoms with Crippen molar-refractivity contribution in [3.05, 3.63) is 129 Å². The first-order chi connectivity index (χ1) is 23.2. The summed E-state index contributed by atoms with van der Waals surface area (Å²) in [6.07, 6.45) is 0.850. The van der Waals surface area contributed by atoms with E-state index in [0.717, 1.165) is 25.0 Å². The van der Waals surface area contributed by atoms with Gasteiger partial charge in [-0.1, -0.05) is 44.2 Å². The summed E-state index contributed by atoms with van der Waals surface area (Å²) in [5.74, 6) is -3.86. The van der Waals surface area contributed by atoms with Crippen LogP contribution in [0, 0.1) is 0 Å². The molecule has 248 valence electrons. The molecule has 0 bridgehead atoms. The summed E-state index contributed by atoms with van der Waals surface area (Å²) in [4.78, 5) is 95.5. The summed E-state index contributed by atoms with van der Waals surface area (Å²) in [5, 5.41) is 4.15. The number of nitrogens with one attached hydrogen (secondary N) is 2. The summed E-state index contributed by atoms with van der Waals surface area (Å²) in [5.41, 5.74) is 0.955. The second-order valence-corrected chi connectivity index (χ2v) is 11.3. The minimum Gasteiger partial charge on any atom is -0.423 e. The van der Waals surface area contributed by atoms with Crippen molar-refractivity contribution < 1.29 is 47.8 Å². The maximum Gasteiger partial charge on any atom is 0.343 e. The highest BCUT2D eigenvalue weighted by Crippen LogP contribution is 2.33. The van der Waals surface area contributed by atoms with Gasteiger partial charge in [-0.05, 0) is 65.7 Å². The highest BCUT2D eigenvalue weighted by Gasteiger charge is 2.24. The fourth-order valence-corrected chi connectivity index (χ4v) is 4.81. The standard InChI is InChI=1S/C37H30N2O10/c1-21(42)38-33(44)31-16-7-23(17-26(31)20-41)35(46)48-29-12-8-27(9-13-29)37(3,4)28-10-14-30(15-11-28)49-36(47)24-5-6-25(19-40)32(18-24)34(45)39-22(2)43/h5-20H,1-4H3,(H,38,42,44)(H,39,43,45). The maximum absolute atomic E-state index is 12.8. The van der Waals surface area contributed by atoms with E-state index in [1.807, 2.05) is 13.8 Å². The first-order valence-electron chi connectivity index (χ1n) is 14.7. The highest BCUT2D eigenvalue weighted by atomic mass is 16.5. The number of carbonyl (C=O) groups excluding carboxylic acids is 8. The van der Waals surface area contributed by atoms with E-state index in [-0.39, 0.29) is 44.9 Å². The van der Waals surface area contributed by atoms with Crippen molar-refractivity contribution in [2.24, 2.45) is 0 Å². The smallest absolute Gasteiger partial charge is 0.343 e. The van der Waals surface area contributed by atoms with Crippen molar-refractivity contribution in [3.8, 4) is 11.5 Å². The van der Waals surface area contributed by atoms with Crippen LogP contribution in [0.4, 0.5) is 0 Å². The van der Waals surface area contributed by atoms with Crippen LogP contribution in [-0.4, -0.2) is 48.1 Å². The first kappa shape index (κ1) is 35.3. The molecular formula is C37H30N2O10. The molecule has 0 fully saturated rings. The van der Waals surface area contributed by atoms with Crippen LogP contribution in [0.5, 0.6) is 11.5 Å². The molecule has 0 radical (unpaired) electrons. The van der Waals surface area contributed by atoms with Crippen LogP contribution >= 0.6 is 0 Å². The van der Waals surface area contributed by atoms with Gasteiger partial charge in [0.1, 0.15) is 11.5 Å². The Morgan fingerprint density at radius 3 is 1.43 bits per heavy atom. The lowest BCUT2D eigenvalue weighted by Crippen LogP contribution is -2.29. The number of hydrogen-bond donors (Lipinski definition) is 2. The minimum absolute atomic E-state index is 0.00255. The van der Waals surface area contributed by atoms with Gasteiger partial charge in [0.15, 0.2) is 12.6 Å². The van der Waals surface area contributed by atoms with Crippen LogP contribution in [0.2, 0.25) is 0 Å². The van der Waals surface area contributed by atoms with Gasteiger partial charge in [-0.3, -0.25) is 39.4 Å². The summed E-state index contributed by atoms with van der Waals surface area (Å²) in [6, 6.07) is 21.2. The molecule has 4 rings (SSSR count). The van der Waals surface area contributed by atoms with Crippen molar-refractivity contribution in [3.63, 3.8) is 0 Å². The van der Waals surface area contributed by atoms with Gasteiger partial charge >= 0.3 is 11.9 Å². The second kappa shape index (κ2) is 14.9. The lowest BCUT2D eigenvalue weighted by molar-refractivity contribution is -0.119. The SMILES string of the molecule is CC(=O)NC(=O)c1ccc(C(=O)Oc2ccc(C(C)(C)c3ccc(OC(=O)c4ccc(C=O)c(C(=O)NC(C)=O)c4)cc3)cc2)cc1C=O. The normalized spacial score (nSPS) is 10.7. The molecule has 12 nitrogen and oxygen atoms in total. The Morgan fingerprint density at radius 2 is 0.980 bits per heavy atom. The highest BCUT2D eigenvalue weighted by molar-refractivity contribution is 6.10. The molecule has 12 heteroatoms. The molecule has 0 aliphatic heterocycles. The van der Waals surface area contributed by atoms with E-state index in [0.29, 0.717) is 12.6 Å². The van der Waals surface area contributed by atoms with Crippen LogP contribution in [0.25, 0.3) is 0 Å². The molecule has 0 spiro atoms. The van der Waals surface area contributed by atoms with Gasteiger partial charge in [-0.2, -0.15) is 0 Å². The van der Waals surface area contributed by atoms with Crippen molar-refractivity contribution in [1.82, 2.24) is 10.6 Å². The summed E-state index contributed by atoms with van der Waals surface area (Å²) < 4.78 is 10.9. The van der Waals surface area contributed by atoms with E-state index < -0.39 is 41.0 Å². The van der Waals surface area contributed by atoms with Crippen LogP contribution in [0.15, 0.2) is 84.9 Å². The Balaban J connectivity index is 1.43. The molecule has 0 atom stereocenters. The number of amides is 4. The number of rotatable bonds is 10. The first-order valence-corrected chi connectivity index (χ1v) is 14.7. The number of esters is 2. The van der Waals surface area contributed by atoms with E-state index in [1.54, 1.807) is 48.5 Å². The molecule has 0 aromatic heterocycles. The molecule has 4 aromatic carbocycles. The summed E-state index contributed by atoms with van der Waals surface area (Å²) in [7, 11) is 0. The maximum atomic E-state index is 12.8. The van der Waals surface area contributed by atoms with Crippen molar-refractivity contribution in [2.75, 3.05) is 0 Å². The molecule has 0 saturated carbocycles. The number of imide groups is 2. The fourth-order valence-electron chi connectivity index (χ4n) is 4.81. The average molecular weight is 663 g/mol. The van der Waals surface area contributed by atoms with Crippen molar-refractivity contribution in [2.45, 2.75) is 33.1 Å². The van der Waals surface area contributed by atoms with Gasteiger partial charge in [0.2, 0.25) is 11.8 Å². The quantitative estimate of drug-likeness (QED) is 0.138. The predicted octanol–water partition coefficient (Wildman–Crippen LogP) is 4.63. The molecule has 4 aromatic rings. The average Bonchev–Trinajstić information content (AvgIpc) is 3.07. The Labute approximate surface area is 280 Å². The van der Waals surface area contributed by atoms with E-state index in [4.69, 9.17) is 9.47 Å². The molecular weight excluding hydrogens is 632 g/mol. The topological polar surface area (TPSA) is 179 Å². The third kappa shape index (κ3) is 8.43. The third-order valence-electron chi connectivity index (χ3n) is 7.47. The summed E-state index contributed by atoms with van der Waals surface area (Å²) >= 11 is 0. The Bertz CT molecular complexity index is 1990. The lowest BCUT2D eigenvalue weighted by atomic mass is 9.78. The number of benzene rings is 4. The zero-order chi connectivity index (χ0) is 35.9. The van der Waals surface area contributed by atoms with Crippen molar-refractivity contribution in [1.29, 1.82) is 0 Å². The molecule has 2 N–H and O–H groups in total. The number of carbonyl (C=O) groups is 8. The largest absolute Gasteiger partial charge is 0.423 e. The zero-order valence-electron chi connectivity index (χ0n) is 26.8. The van der Waals surface area contributed by atoms with Crippen LogP contribution in [-0.2, 0) is 15.0 Å². The number of ether oxygens (including phenoxy) is 2. The molecule has 0 heterocycles. The zero-order valence-corrected chi connectivity index (χ0v) is 26.8. The molecule has 4 amide bonds. The Morgan fingerprint density at radius 1 is 0.551 bits per heavy atom. The van der Waals surface area contributed by atoms with E-state index in [9.17, 15) is 38.4 Å². The molecule has 0 saturated heterocycles. The molecule has 0 aliphatic rings. The van der Waals surface area contributed by atoms with Crippen molar-refractivity contribution >= 4 is 48.1 Å². The lowest BCUT2D eigenvalue weighted by Gasteiger charge is -2.26. The van der Waals surface area contributed by atoms with E-state index in [1.165, 1.54) is 36.4 Å².